The normalized spacial score (nSPS) is 9.90. The molecule has 0 unspecified atom stereocenters. The molecule has 0 spiro atoms. The van der Waals surface area contributed by atoms with Crippen LogP contribution in [0.4, 0.5) is 10.3 Å². The van der Waals surface area contributed by atoms with Crippen LogP contribution in [0.25, 0.3) is 0 Å². The first-order valence-electron chi connectivity index (χ1n) is 2.56. The molecule has 54 valence electrons. The van der Waals surface area contributed by atoms with Gasteiger partial charge in [0, 0.05) is 0 Å². The highest BCUT2D eigenvalue weighted by Crippen LogP contribution is 2.13. The second-order valence-electron chi connectivity index (χ2n) is 1.77. The van der Waals surface area contributed by atoms with Gasteiger partial charge in [0.15, 0.2) is 11.0 Å². The molecule has 0 aliphatic carbocycles. The second kappa shape index (κ2) is 2.38. The third kappa shape index (κ3) is 1.16. The molecule has 1 rings (SSSR count). The number of rotatable bonds is 0. The summed E-state index contributed by atoms with van der Waals surface area (Å²) in [7, 11) is 0. The van der Waals surface area contributed by atoms with Crippen molar-refractivity contribution in [1.29, 1.82) is 0 Å². The zero-order chi connectivity index (χ0) is 7.72. The molecule has 1 aromatic rings. The van der Waals surface area contributed by atoms with Gasteiger partial charge in [0.1, 0.15) is 0 Å². The molecule has 0 atom stereocenters. The number of aromatic nitrogens is 2. The molecule has 0 aliphatic rings. The van der Waals surface area contributed by atoms with Gasteiger partial charge in [-0.15, -0.1) is 0 Å². The predicted octanol–water partition coefficient (Wildman–Crippen LogP) is 1.16. The Hall–Kier alpha value is -0.900. The van der Waals surface area contributed by atoms with Gasteiger partial charge < -0.3 is 5.73 Å². The van der Waals surface area contributed by atoms with Crippen molar-refractivity contribution in [2.24, 2.45) is 0 Å². The Balaban J connectivity index is 3.31. The Morgan fingerprint density at radius 3 is 2.60 bits per heavy atom. The summed E-state index contributed by atoms with van der Waals surface area (Å²) in [5, 5.41) is -0.231. The van der Waals surface area contributed by atoms with Gasteiger partial charge in [-0.1, -0.05) is 11.6 Å². The smallest absolute Gasteiger partial charge is 0.221 e. The molecule has 3 nitrogen and oxygen atoms in total. The number of nitrogens with two attached hydrogens (primary N) is 1. The molecule has 0 aliphatic heterocycles. The molecule has 0 bridgehead atoms. The molecular weight excluding hydrogens is 157 g/mol. The number of hydrogen-bond donors (Lipinski definition) is 1. The van der Waals surface area contributed by atoms with Crippen molar-refractivity contribution in [3.8, 4) is 0 Å². The molecule has 0 amide bonds. The Labute approximate surface area is 62.0 Å². The van der Waals surface area contributed by atoms with Crippen molar-refractivity contribution in [2.45, 2.75) is 6.92 Å². The maximum absolute atomic E-state index is 12.6. The van der Waals surface area contributed by atoms with Gasteiger partial charge in [-0.3, -0.25) is 0 Å². The highest BCUT2D eigenvalue weighted by molar-refractivity contribution is 6.29. The van der Waals surface area contributed by atoms with Crippen molar-refractivity contribution < 1.29 is 4.39 Å². The van der Waals surface area contributed by atoms with Crippen LogP contribution in [0.2, 0.25) is 5.15 Å². The average Bonchev–Trinajstić information content (AvgIpc) is 1.82. The molecule has 0 saturated heterocycles. The number of nitrogen functional groups attached to an aromatic ring is 1. The number of hydrogen-bond acceptors (Lipinski definition) is 3. The highest BCUT2D eigenvalue weighted by Gasteiger charge is 2.05. The Morgan fingerprint density at radius 1 is 1.50 bits per heavy atom. The van der Waals surface area contributed by atoms with Gasteiger partial charge in [0.05, 0.1) is 5.69 Å². The Morgan fingerprint density at radius 2 is 2.10 bits per heavy atom. The maximum Gasteiger partial charge on any atom is 0.221 e. The fourth-order valence-corrected chi connectivity index (χ4v) is 0.768. The van der Waals surface area contributed by atoms with Crippen LogP contribution >= 0.6 is 11.6 Å². The molecule has 1 heterocycles. The highest BCUT2D eigenvalue weighted by atomic mass is 35.5. The number of halogens is 2. The lowest BCUT2D eigenvalue weighted by Gasteiger charge is -1.97. The maximum atomic E-state index is 12.6. The molecule has 1 aromatic heterocycles. The topological polar surface area (TPSA) is 51.8 Å². The van der Waals surface area contributed by atoms with E-state index in [-0.39, 0.29) is 16.8 Å². The first kappa shape index (κ1) is 7.21. The standard InChI is InChI=1S/C5H5ClFN3/c1-2-3(7)4(6)10-5(8)9-2/h1H3,(H2,8,9,10). The summed E-state index contributed by atoms with van der Waals surface area (Å²) in [4.78, 5) is 6.93. The molecule has 5 heteroatoms. The van der Waals surface area contributed by atoms with Crippen molar-refractivity contribution in [2.75, 3.05) is 5.73 Å². The Kier molecular flexibility index (Phi) is 1.72. The van der Waals surface area contributed by atoms with E-state index in [0.717, 1.165) is 0 Å². The lowest BCUT2D eigenvalue weighted by molar-refractivity contribution is 0.603. The predicted molar refractivity (Wildman–Crippen MR) is 36.1 cm³/mol. The van der Waals surface area contributed by atoms with Crippen LogP contribution in [-0.2, 0) is 0 Å². The van der Waals surface area contributed by atoms with Crippen molar-refractivity contribution >= 4 is 17.5 Å². The van der Waals surface area contributed by atoms with E-state index >= 15 is 0 Å². The molecule has 0 saturated carbocycles. The average molecular weight is 162 g/mol. The number of nitrogens with zero attached hydrogens (tertiary/aromatic N) is 2. The Bertz CT molecular complexity index is 240. The van der Waals surface area contributed by atoms with Crippen LogP contribution in [0.3, 0.4) is 0 Å². The SMILES string of the molecule is Cc1nc(N)nc(Cl)c1F. The van der Waals surface area contributed by atoms with E-state index in [2.05, 4.69) is 9.97 Å². The molecule has 0 aromatic carbocycles. The number of aryl methyl sites for hydroxylation is 1. The summed E-state index contributed by atoms with van der Waals surface area (Å²) in [6, 6.07) is 0. The first-order valence-corrected chi connectivity index (χ1v) is 2.94. The molecular formula is C5H5ClFN3. The van der Waals surface area contributed by atoms with Crippen LogP contribution in [0.5, 0.6) is 0 Å². The van der Waals surface area contributed by atoms with Crippen molar-refractivity contribution in [3.05, 3.63) is 16.7 Å². The van der Waals surface area contributed by atoms with Gasteiger partial charge in [-0.2, -0.15) is 4.98 Å². The van der Waals surface area contributed by atoms with Gasteiger partial charge in [-0.25, -0.2) is 9.37 Å². The first-order chi connectivity index (χ1) is 4.61. The van der Waals surface area contributed by atoms with E-state index in [4.69, 9.17) is 17.3 Å². The summed E-state index contributed by atoms with van der Waals surface area (Å²) >= 11 is 5.31. The minimum Gasteiger partial charge on any atom is -0.368 e. The van der Waals surface area contributed by atoms with Crippen LogP contribution in [0.1, 0.15) is 5.69 Å². The van der Waals surface area contributed by atoms with E-state index < -0.39 is 5.82 Å². The van der Waals surface area contributed by atoms with E-state index in [1.807, 2.05) is 0 Å². The molecule has 10 heavy (non-hydrogen) atoms. The second-order valence-corrected chi connectivity index (χ2v) is 2.13. The third-order valence-electron chi connectivity index (χ3n) is 0.994. The molecule has 2 N–H and O–H groups in total. The fourth-order valence-electron chi connectivity index (χ4n) is 0.545. The summed E-state index contributed by atoms with van der Waals surface area (Å²) in [6.45, 7) is 1.47. The zero-order valence-electron chi connectivity index (χ0n) is 5.23. The monoisotopic (exact) mass is 161 g/mol. The van der Waals surface area contributed by atoms with Gasteiger partial charge in [0.25, 0.3) is 0 Å². The summed E-state index contributed by atoms with van der Waals surface area (Å²) in [6.07, 6.45) is 0. The molecule has 0 radical (unpaired) electrons. The summed E-state index contributed by atoms with van der Waals surface area (Å²) in [5.74, 6) is -0.625. The zero-order valence-corrected chi connectivity index (χ0v) is 5.98. The lowest BCUT2D eigenvalue weighted by Crippen LogP contribution is -1.99. The van der Waals surface area contributed by atoms with Crippen LogP contribution in [-0.4, -0.2) is 9.97 Å². The lowest BCUT2D eigenvalue weighted by atomic mass is 10.4. The van der Waals surface area contributed by atoms with E-state index in [9.17, 15) is 4.39 Å². The van der Waals surface area contributed by atoms with Gasteiger partial charge in [-0.05, 0) is 6.92 Å². The molecule has 0 fully saturated rings. The van der Waals surface area contributed by atoms with Gasteiger partial charge in [0.2, 0.25) is 5.95 Å². The fraction of sp³-hybridized carbons (Fsp3) is 0.200. The minimum atomic E-state index is -0.615. The van der Waals surface area contributed by atoms with Crippen molar-refractivity contribution in [1.82, 2.24) is 9.97 Å². The number of anilines is 1. The van der Waals surface area contributed by atoms with Crippen molar-refractivity contribution in [3.63, 3.8) is 0 Å². The van der Waals surface area contributed by atoms with Crippen LogP contribution in [0, 0.1) is 12.7 Å². The van der Waals surface area contributed by atoms with E-state index in [1.54, 1.807) is 0 Å². The summed E-state index contributed by atoms with van der Waals surface area (Å²) in [5.41, 5.74) is 5.32. The summed E-state index contributed by atoms with van der Waals surface area (Å²) < 4.78 is 12.6. The van der Waals surface area contributed by atoms with Gasteiger partial charge >= 0.3 is 0 Å². The van der Waals surface area contributed by atoms with E-state index in [0.29, 0.717) is 0 Å². The van der Waals surface area contributed by atoms with E-state index in [1.165, 1.54) is 6.92 Å². The van der Waals surface area contributed by atoms with Crippen LogP contribution < -0.4 is 5.73 Å². The largest absolute Gasteiger partial charge is 0.368 e. The quantitative estimate of drug-likeness (QED) is 0.581. The van der Waals surface area contributed by atoms with Crippen LogP contribution in [0.15, 0.2) is 0 Å². The minimum absolute atomic E-state index is 0.0103. The third-order valence-corrected chi connectivity index (χ3v) is 1.24.